The molecule has 0 aliphatic heterocycles. The van der Waals surface area contributed by atoms with Gasteiger partial charge in [0.1, 0.15) is 11.4 Å². The smallest absolute Gasteiger partial charge is 0.274 e. The van der Waals surface area contributed by atoms with E-state index in [0.717, 1.165) is 0 Å². The molecular formula is C18H14Cl2N4O2. The summed E-state index contributed by atoms with van der Waals surface area (Å²) in [6.45, 7) is 0. The van der Waals surface area contributed by atoms with E-state index < -0.39 is 0 Å². The lowest BCUT2D eigenvalue weighted by molar-refractivity contribution is 0.102. The summed E-state index contributed by atoms with van der Waals surface area (Å²) in [5, 5.41) is 6.67. The molecule has 0 saturated carbocycles. The number of anilines is 3. The van der Waals surface area contributed by atoms with Crippen LogP contribution in [0.2, 0.25) is 10.0 Å². The van der Waals surface area contributed by atoms with Crippen molar-refractivity contribution in [1.29, 1.82) is 0 Å². The maximum Gasteiger partial charge on any atom is 0.274 e. The average molecular weight is 389 g/mol. The molecule has 0 aliphatic rings. The molecule has 0 unspecified atom stereocenters. The van der Waals surface area contributed by atoms with Crippen molar-refractivity contribution in [3.8, 4) is 5.75 Å². The van der Waals surface area contributed by atoms with Gasteiger partial charge in [-0.2, -0.15) is 0 Å². The van der Waals surface area contributed by atoms with Gasteiger partial charge < -0.3 is 15.4 Å². The van der Waals surface area contributed by atoms with Crippen molar-refractivity contribution in [2.45, 2.75) is 0 Å². The van der Waals surface area contributed by atoms with Gasteiger partial charge in [0.25, 0.3) is 5.91 Å². The molecule has 132 valence electrons. The number of hydrogen-bond donors (Lipinski definition) is 2. The Hall–Kier alpha value is -2.83. The zero-order chi connectivity index (χ0) is 18.5. The third kappa shape index (κ3) is 4.41. The fourth-order valence-electron chi connectivity index (χ4n) is 2.15. The molecule has 3 aromatic rings. The summed E-state index contributed by atoms with van der Waals surface area (Å²) < 4.78 is 5.14. The fraction of sp³-hybridized carbons (Fsp3) is 0.0556. The van der Waals surface area contributed by atoms with Crippen molar-refractivity contribution in [3.05, 3.63) is 70.5 Å². The van der Waals surface area contributed by atoms with E-state index in [2.05, 4.69) is 20.6 Å². The maximum absolute atomic E-state index is 12.4. The van der Waals surface area contributed by atoms with Crippen LogP contribution in [0.4, 0.5) is 17.3 Å². The number of methoxy groups -OCH3 is 1. The van der Waals surface area contributed by atoms with E-state index >= 15 is 0 Å². The molecule has 1 amide bonds. The van der Waals surface area contributed by atoms with Crippen LogP contribution in [0.5, 0.6) is 5.75 Å². The molecule has 0 radical (unpaired) electrons. The van der Waals surface area contributed by atoms with E-state index in [1.807, 2.05) is 0 Å². The predicted molar refractivity (Wildman–Crippen MR) is 103 cm³/mol. The minimum atomic E-state index is -0.370. The molecule has 0 atom stereocenters. The van der Waals surface area contributed by atoms with Gasteiger partial charge in [-0.25, -0.2) is 9.97 Å². The van der Waals surface area contributed by atoms with Crippen molar-refractivity contribution in [2.75, 3.05) is 17.7 Å². The van der Waals surface area contributed by atoms with Crippen LogP contribution in [0.15, 0.2) is 54.7 Å². The molecule has 26 heavy (non-hydrogen) atoms. The van der Waals surface area contributed by atoms with Gasteiger partial charge in [0.05, 0.1) is 17.8 Å². The van der Waals surface area contributed by atoms with Gasteiger partial charge in [-0.05, 0) is 36.4 Å². The van der Waals surface area contributed by atoms with Crippen LogP contribution in [0.25, 0.3) is 0 Å². The topological polar surface area (TPSA) is 76.1 Å². The highest BCUT2D eigenvalue weighted by Crippen LogP contribution is 2.27. The van der Waals surface area contributed by atoms with E-state index in [4.69, 9.17) is 27.9 Å². The Morgan fingerprint density at radius 1 is 1.12 bits per heavy atom. The fourth-order valence-corrected chi connectivity index (χ4v) is 2.61. The molecule has 6 nitrogen and oxygen atoms in total. The number of hydrogen-bond acceptors (Lipinski definition) is 5. The van der Waals surface area contributed by atoms with Gasteiger partial charge in [-0.1, -0.05) is 29.3 Å². The number of aromatic nitrogens is 2. The molecule has 1 heterocycles. The lowest BCUT2D eigenvalue weighted by Gasteiger charge is -2.09. The minimum absolute atomic E-state index is 0.204. The van der Waals surface area contributed by atoms with Crippen LogP contribution in [-0.2, 0) is 0 Å². The maximum atomic E-state index is 12.4. The van der Waals surface area contributed by atoms with Gasteiger partial charge >= 0.3 is 0 Å². The van der Waals surface area contributed by atoms with E-state index in [1.165, 1.54) is 12.3 Å². The van der Waals surface area contributed by atoms with Crippen molar-refractivity contribution < 1.29 is 9.53 Å². The first-order valence-electron chi connectivity index (χ1n) is 7.55. The monoisotopic (exact) mass is 388 g/mol. The summed E-state index contributed by atoms with van der Waals surface area (Å²) in [4.78, 5) is 20.7. The van der Waals surface area contributed by atoms with Crippen LogP contribution >= 0.6 is 23.2 Å². The molecule has 0 saturated heterocycles. The van der Waals surface area contributed by atoms with Crippen LogP contribution in [0.1, 0.15) is 10.5 Å². The third-order valence-electron chi connectivity index (χ3n) is 3.39. The van der Waals surface area contributed by atoms with Crippen molar-refractivity contribution >= 4 is 46.4 Å². The first kappa shape index (κ1) is 18.0. The molecular weight excluding hydrogens is 375 g/mol. The minimum Gasteiger partial charge on any atom is -0.497 e. The van der Waals surface area contributed by atoms with E-state index in [0.29, 0.717) is 27.2 Å². The van der Waals surface area contributed by atoms with Gasteiger partial charge in [0, 0.05) is 23.0 Å². The summed E-state index contributed by atoms with van der Waals surface area (Å²) in [5.74, 6) is 0.517. The Morgan fingerprint density at radius 3 is 2.73 bits per heavy atom. The molecule has 0 bridgehead atoms. The number of carbonyl (C=O) groups excluding carboxylic acids is 1. The first-order chi connectivity index (χ1) is 12.5. The Morgan fingerprint density at radius 2 is 1.96 bits per heavy atom. The largest absolute Gasteiger partial charge is 0.497 e. The van der Waals surface area contributed by atoms with Gasteiger partial charge in [0.15, 0.2) is 0 Å². The molecule has 1 aromatic heterocycles. The number of carbonyl (C=O) groups is 1. The first-order valence-corrected chi connectivity index (χ1v) is 8.31. The van der Waals surface area contributed by atoms with Crippen LogP contribution in [0, 0.1) is 0 Å². The Kier molecular flexibility index (Phi) is 5.55. The highest BCUT2D eigenvalue weighted by molar-refractivity contribution is 6.36. The molecule has 2 aromatic carbocycles. The quantitative estimate of drug-likeness (QED) is 0.656. The second kappa shape index (κ2) is 8.03. The predicted octanol–water partition coefficient (Wildman–Crippen LogP) is 4.79. The molecule has 0 spiro atoms. The van der Waals surface area contributed by atoms with E-state index in [-0.39, 0.29) is 17.5 Å². The Labute approximate surface area is 160 Å². The molecule has 2 N–H and O–H groups in total. The van der Waals surface area contributed by atoms with Crippen molar-refractivity contribution in [2.24, 2.45) is 0 Å². The van der Waals surface area contributed by atoms with Crippen molar-refractivity contribution in [3.63, 3.8) is 0 Å². The second-order valence-electron chi connectivity index (χ2n) is 5.20. The third-order valence-corrected chi connectivity index (χ3v) is 3.94. The summed E-state index contributed by atoms with van der Waals surface area (Å²) in [6, 6.07) is 13.6. The van der Waals surface area contributed by atoms with Gasteiger partial charge in [-0.3, -0.25) is 4.79 Å². The van der Waals surface area contributed by atoms with E-state index in [9.17, 15) is 4.79 Å². The van der Waals surface area contributed by atoms with Crippen LogP contribution in [-0.4, -0.2) is 23.0 Å². The zero-order valence-corrected chi connectivity index (χ0v) is 15.2. The molecule has 0 fully saturated rings. The average Bonchev–Trinajstić information content (AvgIpc) is 2.64. The molecule has 8 heteroatoms. The molecule has 0 aliphatic carbocycles. The highest BCUT2D eigenvalue weighted by Gasteiger charge is 2.11. The molecule has 3 rings (SSSR count). The summed E-state index contributed by atoms with van der Waals surface area (Å²) in [5.41, 5.74) is 1.39. The number of nitrogens with one attached hydrogen (secondary N) is 2. The number of nitrogens with zero attached hydrogens (tertiary/aromatic N) is 2. The zero-order valence-electron chi connectivity index (χ0n) is 13.7. The Bertz CT molecular complexity index is 950. The number of halogens is 2. The van der Waals surface area contributed by atoms with Crippen molar-refractivity contribution in [1.82, 2.24) is 9.97 Å². The van der Waals surface area contributed by atoms with Gasteiger partial charge in [-0.15, -0.1) is 0 Å². The van der Waals surface area contributed by atoms with Gasteiger partial charge in [0.2, 0.25) is 5.95 Å². The number of benzene rings is 2. The van der Waals surface area contributed by atoms with Crippen LogP contribution < -0.4 is 15.4 Å². The lowest BCUT2D eigenvalue weighted by atomic mass is 10.3. The highest BCUT2D eigenvalue weighted by atomic mass is 35.5. The number of amides is 1. The standard InChI is InChI=1S/C18H14Cl2N4O2/c1-26-13-4-2-3-12(10-13)22-17(25)16-7-8-21-18(24-16)23-15-6-5-11(19)9-14(15)20/h2-10H,1H3,(H,22,25)(H,21,23,24). The van der Waals surface area contributed by atoms with Crippen LogP contribution in [0.3, 0.4) is 0 Å². The number of rotatable bonds is 5. The SMILES string of the molecule is COc1cccc(NC(=O)c2ccnc(Nc3ccc(Cl)cc3Cl)n2)c1. The summed E-state index contributed by atoms with van der Waals surface area (Å²) >= 11 is 12.0. The second-order valence-corrected chi connectivity index (χ2v) is 6.04. The van der Waals surface area contributed by atoms with E-state index in [1.54, 1.807) is 49.6 Å². The summed E-state index contributed by atoms with van der Waals surface area (Å²) in [6.07, 6.45) is 1.49. The normalized spacial score (nSPS) is 10.3. The summed E-state index contributed by atoms with van der Waals surface area (Å²) in [7, 11) is 1.56. The lowest BCUT2D eigenvalue weighted by Crippen LogP contribution is -2.14. The Balaban J connectivity index is 1.76. The number of ether oxygens (including phenoxy) is 1.